The van der Waals surface area contributed by atoms with Crippen LogP contribution in [0.4, 0.5) is 10.2 Å². The Morgan fingerprint density at radius 2 is 2.16 bits per heavy atom. The zero-order valence-corrected chi connectivity index (χ0v) is 17.9. The van der Waals surface area contributed by atoms with Gasteiger partial charge in [0.2, 0.25) is 5.88 Å². The average molecular weight is 424 g/mol. The summed E-state index contributed by atoms with van der Waals surface area (Å²) in [5, 5.41) is 7.85. The molecular weight excluding hydrogens is 399 g/mol. The Morgan fingerprint density at radius 1 is 1.32 bits per heavy atom. The summed E-state index contributed by atoms with van der Waals surface area (Å²) in [6, 6.07) is 1.55. The van der Waals surface area contributed by atoms with Crippen molar-refractivity contribution >= 4 is 17.2 Å². The molecule has 1 N–H and O–H groups in total. The van der Waals surface area contributed by atoms with Crippen molar-refractivity contribution in [3.05, 3.63) is 48.2 Å². The van der Waals surface area contributed by atoms with Crippen LogP contribution in [0.2, 0.25) is 0 Å². The molecule has 0 saturated heterocycles. The fraction of sp³-hybridized carbons (Fsp3) is 0.409. The van der Waals surface area contributed by atoms with Crippen LogP contribution in [0.1, 0.15) is 38.3 Å². The highest BCUT2D eigenvalue weighted by molar-refractivity contribution is 5.75. The summed E-state index contributed by atoms with van der Waals surface area (Å²) in [7, 11) is 0. The van der Waals surface area contributed by atoms with E-state index in [9.17, 15) is 4.39 Å². The van der Waals surface area contributed by atoms with Gasteiger partial charge >= 0.3 is 0 Å². The van der Waals surface area contributed by atoms with Gasteiger partial charge in [0.1, 0.15) is 19.0 Å². The SMILES string of the molecule is C=C1NC(C)(C)COc2ncc(F)cc2CN2c3nc4c1cnn4cc3OC[C@H]2CC. The first-order valence-corrected chi connectivity index (χ1v) is 10.4. The van der Waals surface area contributed by atoms with Crippen LogP contribution < -0.4 is 19.7 Å². The lowest BCUT2D eigenvalue weighted by Gasteiger charge is -2.37. The molecule has 0 aliphatic carbocycles. The van der Waals surface area contributed by atoms with Crippen LogP contribution in [0.3, 0.4) is 0 Å². The van der Waals surface area contributed by atoms with Crippen LogP contribution in [0.15, 0.2) is 31.2 Å². The van der Waals surface area contributed by atoms with Crippen LogP contribution in [-0.4, -0.2) is 44.4 Å². The van der Waals surface area contributed by atoms with Gasteiger partial charge in [0.15, 0.2) is 17.2 Å². The van der Waals surface area contributed by atoms with Crippen LogP contribution in [0, 0.1) is 5.82 Å². The van der Waals surface area contributed by atoms with Crippen molar-refractivity contribution in [3.8, 4) is 11.6 Å². The molecule has 31 heavy (non-hydrogen) atoms. The highest BCUT2D eigenvalue weighted by Crippen LogP contribution is 2.36. The first-order chi connectivity index (χ1) is 14.8. The minimum absolute atomic E-state index is 0.0767. The van der Waals surface area contributed by atoms with E-state index in [1.807, 2.05) is 20.0 Å². The van der Waals surface area contributed by atoms with Crippen LogP contribution >= 0.6 is 0 Å². The molecule has 0 radical (unpaired) electrons. The molecule has 0 amide bonds. The number of hydrogen-bond acceptors (Lipinski definition) is 7. The van der Waals surface area contributed by atoms with Crippen LogP contribution in [0.5, 0.6) is 11.6 Å². The number of pyridine rings is 1. The van der Waals surface area contributed by atoms with E-state index in [4.69, 9.17) is 14.5 Å². The van der Waals surface area contributed by atoms with E-state index < -0.39 is 11.4 Å². The molecule has 0 fully saturated rings. The normalized spacial score (nSPS) is 20.1. The Morgan fingerprint density at radius 3 is 2.97 bits per heavy atom. The highest BCUT2D eigenvalue weighted by atomic mass is 19.1. The summed E-state index contributed by atoms with van der Waals surface area (Å²) >= 11 is 0. The van der Waals surface area contributed by atoms with Gasteiger partial charge in [0.25, 0.3) is 0 Å². The predicted molar refractivity (Wildman–Crippen MR) is 115 cm³/mol. The number of rotatable bonds is 1. The fourth-order valence-electron chi connectivity index (χ4n) is 4.05. The molecule has 3 aromatic heterocycles. The monoisotopic (exact) mass is 424 g/mol. The summed E-state index contributed by atoms with van der Waals surface area (Å²) in [6.07, 6.45) is 5.60. The number of anilines is 1. The molecule has 2 aliphatic rings. The third-order valence-electron chi connectivity index (χ3n) is 5.67. The number of halogens is 1. The van der Waals surface area contributed by atoms with Gasteiger partial charge in [0.05, 0.1) is 42.3 Å². The Kier molecular flexibility index (Phi) is 4.49. The van der Waals surface area contributed by atoms with E-state index in [-0.39, 0.29) is 6.04 Å². The summed E-state index contributed by atoms with van der Waals surface area (Å²) in [4.78, 5) is 11.3. The van der Waals surface area contributed by atoms with Gasteiger partial charge in [-0.15, -0.1) is 0 Å². The Balaban J connectivity index is 1.72. The van der Waals surface area contributed by atoms with Crippen molar-refractivity contribution in [2.45, 2.75) is 45.3 Å². The van der Waals surface area contributed by atoms with Gasteiger partial charge in [-0.2, -0.15) is 5.10 Å². The van der Waals surface area contributed by atoms with E-state index in [1.54, 1.807) is 10.7 Å². The first-order valence-electron chi connectivity index (χ1n) is 10.4. The van der Waals surface area contributed by atoms with Crippen molar-refractivity contribution in [1.29, 1.82) is 0 Å². The lowest BCUT2D eigenvalue weighted by atomic mass is 10.1. The lowest BCUT2D eigenvalue weighted by Crippen LogP contribution is -2.43. The molecule has 162 valence electrons. The van der Waals surface area contributed by atoms with Gasteiger partial charge in [0, 0.05) is 11.3 Å². The third-order valence-corrected chi connectivity index (χ3v) is 5.67. The maximum absolute atomic E-state index is 14.1. The lowest BCUT2D eigenvalue weighted by molar-refractivity contribution is 0.214. The topological polar surface area (TPSA) is 76.8 Å². The quantitative estimate of drug-likeness (QED) is 0.643. The predicted octanol–water partition coefficient (Wildman–Crippen LogP) is 3.17. The second-order valence-electron chi connectivity index (χ2n) is 8.65. The largest absolute Gasteiger partial charge is 0.486 e. The van der Waals surface area contributed by atoms with Gasteiger partial charge < -0.3 is 19.7 Å². The second-order valence-corrected chi connectivity index (χ2v) is 8.65. The molecule has 8 nitrogen and oxygen atoms in total. The summed E-state index contributed by atoms with van der Waals surface area (Å²) in [6.45, 7) is 11.5. The van der Waals surface area contributed by atoms with E-state index >= 15 is 0 Å². The molecule has 0 aromatic carbocycles. The van der Waals surface area contributed by atoms with Gasteiger partial charge in [-0.25, -0.2) is 18.9 Å². The maximum atomic E-state index is 14.1. The molecule has 9 heteroatoms. The van der Waals surface area contributed by atoms with Crippen molar-refractivity contribution < 1.29 is 13.9 Å². The zero-order chi connectivity index (χ0) is 21.8. The molecule has 5 heterocycles. The smallest absolute Gasteiger partial charge is 0.218 e. The maximum Gasteiger partial charge on any atom is 0.218 e. The molecule has 5 rings (SSSR count). The minimum Gasteiger partial charge on any atom is -0.486 e. The molecule has 2 aliphatic heterocycles. The zero-order valence-electron chi connectivity index (χ0n) is 17.9. The Labute approximate surface area is 179 Å². The van der Waals surface area contributed by atoms with Crippen LogP contribution in [0.25, 0.3) is 11.3 Å². The van der Waals surface area contributed by atoms with Gasteiger partial charge in [-0.05, 0) is 26.3 Å². The molecular formula is C22H25FN6O2. The van der Waals surface area contributed by atoms with Gasteiger partial charge in [-0.3, -0.25) is 0 Å². The fourth-order valence-corrected chi connectivity index (χ4v) is 4.05. The Hall–Kier alpha value is -3.36. The second kappa shape index (κ2) is 7.11. The summed E-state index contributed by atoms with van der Waals surface area (Å²) in [5.41, 5.74) is 2.37. The number of hydrogen-bond donors (Lipinski definition) is 1. The van der Waals surface area contributed by atoms with Crippen molar-refractivity contribution in [2.75, 3.05) is 18.1 Å². The number of nitrogens with zero attached hydrogens (tertiary/aromatic N) is 5. The van der Waals surface area contributed by atoms with E-state index in [0.29, 0.717) is 54.1 Å². The third kappa shape index (κ3) is 3.43. The van der Waals surface area contributed by atoms with Crippen molar-refractivity contribution in [1.82, 2.24) is 24.9 Å². The number of aromatic nitrogens is 4. The minimum atomic E-state index is -0.460. The number of nitrogens with one attached hydrogen (secondary N) is 1. The van der Waals surface area contributed by atoms with Gasteiger partial charge in [-0.1, -0.05) is 13.5 Å². The number of ether oxygens (including phenoxy) is 2. The molecule has 0 spiro atoms. The average Bonchev–Trinajstić information content (AvgIpc) is 3.14. The molecule has 1 atom stereocenters. The van der Waals surface area contributed by atoms with Crippen molar-refractivity contribution in [2.24, 2.45) is 0 Å². The highest BCUT2D eigenvalue weighted by Gasteiger charge is 2.31. The van der Waals surface area contributed by atoms with Crippen LogP contribution in [-0.2, 0) is 6.54 Å². The molecule has 0 unspecified atom stereocenters. The van der Waals surface area contributed by atoms with E-state index in [2.05, 4.69) is 33.8 Å². The van der Waals surface area contributed by atoms with E-state index in [0.717, 1.165) is 12.0 Å². The molecule has 3 aromatic rings. The summed E-state index contributed by atoms with van der Waals surface area (Å²) in [5.74, 6) is 1.33. The molecule has 2 bridgehead atoms. The Bertz CT molecular complexity index is 1170. The standard InChI is InChI=1S/C22H25FN6O2/c1-5-16-11-30-18-10-29-19-17(8-25-29)13(2)27-22(3,4)12-31-21-14(6-15(23)7-24-21)9-28(16)20(18)26-19/h6-8,10,16,27H,2,5,9,11-12H2,1,3-4H3/t16-/m1/s1. The van der Waals surface area contributed by atoms with E-state index in [1.165, 1.54) is 12.3 Å². The first kappa shape index (κ1) is 19.6. The van der Waals surface area contributed by atoms with Crippen molar-refractivity contribution in [3.63, 3.8) is 0 Å². The number of fused-ring (bicyclic) bond motifs is 1. The molecule has 0 saturated carbocycles. The summed E-state index contributed by atoms with van der Waals surface area (Å²) < 4.78 is 27.9.